The van der Waals surface area contributed by atoms with Gasteiger partial charge in [-0.25, -0.2) is 0 Å². The van der Waals surface area contributed by atoms with Gasteiger partial charge in [0.25, 0.3) is 5.91 Å². The summed E-state index contributed by atoms with van der Waals surface area (Å²) in [6.07, 6.45) is 0.642. The zero-order chi connectivity index (χ0) is 14.0. The van der Waals surface area contributed by atoms with Gasteiger partial charge in [-0.3, -0.25) is 9.59 Å². The smallest absolute Gasteiger partial charge is 0.303 e. The summed E-state index contributed by atoms with van der Waals surface area (Å²) < 4.78 is 0. The Balaban J connectivity index is 2.11. The molecule has 1 aromatic carbocycles. The van der Waals surface area contributed by atoms with Gasteiger partial charge in [0.1, 0.15) is 17.1 Å². The molecule has 1 saturated heterocycles. The number of phenolic OH excluding ortho intramolecular Hbond substituents is 2. The first-order valence-electron chi connectivity index (χ1n) is 6.01. The van der Waals surface area contributed by atoms with Gasteiger partial charge >= 0.3 is 5.97 Å². The number of aliphatic carboxylic acids is 1. The Morgan fingerprint density at radius 1 is 1.26 bits per heavy atom. The standard InChI is InChI=1S/C13H15NO5/c15-9-2-1-3-10(16)12(9)13(19)14-5-4-8(7-14)6-11(17)18/h1-3,8,15-16H,4-7H2,(H,17,18). The first-order chi connectivity index (χ1) is 8.99. The molecule has 1 fully saturated rings. The number of hydrogen-bond acceptors (Lipinski definition) is 4. The van der Waals surface area contributed by atoms with Crippen LogP contribution in [0.15, 0.2) is 18.2 Å². The summed E-state index contributed by atoms with van der Waals surface area (Å²) in [7, 11) is 0. The normalized spacial score (nSPS) is 18.5. The van der Waals surface area contributed by atoms with E-state index >= 15 is 0 Å². The second kappa shape index (κ2) is 5.17. The number of carboxylic acid groups (broad SMARTS) is 1. The quantitative estimate of drug-likeness (QED) is 0.758. The minimum absolute atomic E-state index is 0.0243. The predicted molar refractivity (Wildman–Crippen MR) is 66.0 cm³/mol. The molecular weight excluding hydrogens is 250 g/mol. The van der Waals surface area contributed by atoms with Crippen LogP contribution in [0, 0.1) is 5.92 Å². The van der Waals surface area contributed by atoms with E-state index in [1.165, 1.54) is 23.1 Å². The van der Waals surface area contributed by atoms with Crippen molar-refractivity contribution in [3.63, 3.8) is 0 Å². The van der Waals surface area contributed by atoms with Crippen molar-refractivity contribution in [1.82, 2.24) is 4.90 Å². The van der Waals surface area contributed by atoms with Crippen LogP contribution in [0.1, 0.15) is 23.2 Å². The number of rotatable bonds is 3. The lowest BCUT2D eigenvalue weighted by molar-refractivity contribution is -0.138. The van der Waals surface area contributed by atoms with Crippen LogP contribution in [-0.4, -0.2) is 45.2 Å². The maximum absolute atomic E-state index is 12.2. The van der Waals surface area contributed by atoms with Crippen molar-refractivity contribution in [2.24, 2.45) is 5.92 Å². The summed E-state index contributed by atoms with van der Waals surface area (Å²) in [5.41, 5.74) is -0.126. The molecule has 0 spiro atoms. The average Bonchev–Trinajstić information content (AvgIpc) is 2.76. The highest BCUT2D eigenvalue weighted by atomic mass is 16.4. The Kier molecular flexibility index (Phi) is 3.59. The van der Waals surface area contributed by atoms with Gasteiger partial charge in [0.15, 0.2) is 0 Å². The fourth-order valence-electron chi connectivity index (χ4n) is 2.34. The molecule has 1 aliphatic rings. The molecule has 1 aromatic rings. The molecule has 0 radical (unpaired) electrons. The van der Waals surface area contributed by atoms with Crippen molar-refractivity contribution in [3.05, 3.63) is 23.8 Å². The zero-order valence-corrected chi connectivity index (χ0v) is 10.2. The highest BCUT2D eigenvalue weighted by Crippen LogP contribution is 2.30. The zero-order valence-electron chi connectivity index (χ0n) is 10.2. The molecule has 0 bridgehead atoms. The number of nitrogens with zero attached hydrogens (tertiary/aromatic N) is 1. The summed E-state index contributed by atoms with van der Waals surface area (Å²) in [5, 5.41) is 28.0. The summed E-state index contributed by atoms with van der Waals surface area (Å²) >= 11 is 0. The van der Waals surface area contributed by atoms with Crippen LogP contribution >= 0.6 is 0 Å². The van der Waals surface area contributed by atoms with Crippen molar-refractivity contribution in [2.75, 3.05) is 13.1 Å². The minimum Gasteiger partial charge on any atom is -0.507 e. The van der Waals surface area contributed by atoms with E-state index in [9.17, 15) is 19.8 Å². The highest BCUT2D eigenvalue weighted by molar-refractivity contribution is 5.99. The molecule has 3 N–H and O–H groups in total. The van der Waals surface area contributed by atoms with E-state index in [-0.39, 0.29) is 29.4 Å². The fraction of sp³-hybridized carbons (Fsp3) is 0.385. The summed E-state index contributed by atoms with van der Waals surface area (Å²) in [6, 6.07) is 4.11. The van der Waals surface area contributed by atoms with Crippen molar-refractivity contribution in [3.8, 4) is 11.5 Å². The molecule has 0 aromatic heterocycles. The average molecular weight is 265 g/mol. The maximum Gasteiger partial charge on any atom is 0.303 e. The first-order valence-corrected chi connectivity index (χ1v) is 6.01. The van der Waals surface area contributed by atoms with Crippen LogP contribution in [0.4, 0.5) is 0 Å². The van der Waals surface area contributed by atoms with Crippen LogP contribution in [-0.2, 0) is 4.79 Å². The van der Waals surface area contributed by atoms with Gasteiger partial charge in [0.2, 0.25) is 0 Å². The maximum atomic E-state index is 12.2. The molecule has 102 valence electrons. The van der Waals surface area contributed by atoms with Gasteiger partial charge in [-0.2, -0.15) is 0 Å². The third-order valence-corrected chi connectivity index (χ3v) is 3.27. The van der Waals surface area contributed by atoms with Gasteiger partial charge in [0.05, 0.1) is 0 Å². The van der Waals surface area contributed by atoms with E-state index in [0.29, 0.717) is 19.5 Å². The SMILES string of the molecule is O=C(O)CC1CCN(C(=O)c2c(O)cccc2O)C1. The first kappa shape index (κ1) is 13.2. The molecule has 1 aliphatic heterocycles. The number of phenols is 2. The predicted octanol–water partition coefficient (Wildman–Crippen LogP) is 1.03. The number of amides is 1. The van der Waals surface area contributed by atoms with E-state index < -0.39 is 11.9 Å². The second-order valence-corrected chi connectivity index (χ2v) is 4.67. The Hall–Kier alpha value is -2.24. The van der Waals surface area contributed by atoms with Crippen LogP contribution in [0.2, 0.25) is 0 Å². The van der Waals surface area contributed by atoms with E-state index in [0.717, 1.165) is 0 Å². The molecule has 6 heteroatoms. The molecule has 1 atom stereocenters. The molecule has 6 nitrogen and oxygen atoms in total. The molecule has 0 aliphatic carbocycles. The van der Waals surface area contributed by atoms with Gasteiger partial charge in [0, 0.05) is 19.5 Å². The van der Waals surface area contributed by atoms with Crippen LogP contribution < -0.4 is 0 Å². The van der Waals surface area contributed by atoms with E-state index in [1.54, 1.807) is 0 Å². The lowest BCUT2D eigenvalue weighted by atomic mass is 10.1. The van der Waals surface area contributed by atoms with Crippen LogP contribution in [0.3, 0.4) is 0 Å². The van der Waals surface area contributed by atoms with Gasteiger partial charge in [-0.1, -0.05) is 6.07 Å². The molecule has 0 saturated carbocycles. The number of carboxylic acids is 1. The molecule has 1 amide bonds. The van der Waals surface area contributed by atoms with E-state index in [4.69, 9.17) is 5.11 Å². The molecule has 19 heavy (non-hydrogen) atoms. The van der Waals surface area contributed by atoms with Crippen molar-refractivity contribution < 1.29 is 24.9 Å². The highest BCUT2D eigenvalue weighted by Gasteiger charge is 2.30. The van der Waals surface area contributed by atoms with Crippen molar-refractivity contribution in [1.29, 1.82) is 0 Å². The van der Waals surface area contributed by atoms with Gasteiger partial charge in [-0.15, -0.1) is 0 Å². The van der Waals surface area contributed by atoms with E-state index in [2.05, 4.69) is 0 Å². The van der Waals surface area contributed by atoms with E-state index in [1.807, 2.05) is 0 Å². The Morgan fingerprint density at radius 2 is 1.89 bits per heavy atom. The molecule has 2 rings (SSSR count). The molecular formula is C13H15NO5. The minimum atomic E-state index is -0.885. The summed E-state index contributed by atoms with van der Waals surface area (Å²) in [6.45, 7) is 0.767. The second-order valence-electron chi connectivity index (χ2n) is 4.67. The Bertz CT molecular complexity index is 494. The number of carbonyl (C=O) groups is 2. The summed E-state index contributed by atoms with van der Waals surface area (Å²) in [4.78, 5) is 24.3. The topological polar surface area (TPSA) is 98.1 Å². The molecule has 1 heterocycles. The largest absolute Gasteiger partial charge is 0.507 e. The van der Waals surface area contributed by atoms with Crippen molar-refractivity contribution in [2.45, 2.75) is 12.8 Å². The third kappa shape index (κ3) is 2.78. The number of hydrogen-bond donors (Lipinski definition) is 3. The number of benzene rings is 1. The molecule has 1 unspecified atom stereocenters. The number of likely N-dealkylation sites (tertiary alicyclic amines) is 1. The van der Waals surface area contributed by atoms with Crippen LogP contribution in [0.25, 0.3) is 0 Å². The number of aromatic hydroxyl groups is 2. The Labute approximate surface area is 109 Å². The third-order valence-electron chi connectivity index (χ3n) is 3.27. The van der Waals surface area contributed by atoms with Gasteiger partial charge in [-0.05, 0) is 24.5 Å². The van der Waals surface area contributed by atoms with Crippen molar-refractivity contribution >= 4 is 11.9 Å². The monoisotopic (exact) mass is 265 g/mol. The lowest BCUT2D eigenvalue weighted by Gasteiger charge is -2.17. The summed E-state index contributed by atoms with van der Waals surface area (Å²) in [5.74, 6) is -1.97. The number of carbonyl (C=O) groups excluding carboxylic acids is 1. The fourth-order valence-corrected chi connectivity index (χ4v) is 2.34. The Morgan fingerprint density at radius 3 is 2.47 bits per heavy atom. The van der Waals surface area contributed by atoms with Crippen LogP contribution in [0.5, 0.6) is 11.5 Å². The van der Waals surface area contributed by atoms with Gasteiger partial charge < -0.3 is 20.2 Å². The lowest BCUT2D eigenvalue weighted by Crippen LogP contribution is -2.29.